The van der Waals surface area contributed by atoms with Gasteiger partial charge < -0.3 is 10.1 Å². The Kier molecular flexibility index (Phi) is 4.52. The fraction of sp³-hybridized carbons (Fsp3) is 0.529. The molecule has 0 aromatic heterocycles. The first-order valence-electron chi connectivity index (χ1n) is 7.14. The lowest BCUT2D eigenvalue weighted by molar-refractivity contribution is 0.410. The van der Waals surface area contributed by atoms with Crippen LogP contribution in [0.4, 0.5) is 5.69 Å². The summed E-state index contributed by atoms with van der Waals surface area (Å²) in [6.45, 7) is 7.69. The van der Waals surface area contributed by atoms with Gasteiger partial charge in [-0.05, 0) is 56.2 Å². The van der Waals surface area contributed by atoms with E-state index in [4.69, 9.17) is 4.74 Å². The molecule has 1 aromatic rings. The van der Waals surface area contributed by atoms with Crippen LogP contribution in [-0.4, -0.2) is 13.7 Å². The van der Waals surface area contributed by atoms with Crippen LogP contribution < -0.4 is 10.1 Å². The van der Waals surface area contributed by atoms with Crippen molar-refractivity contribution in [2.75, 3.05) is 19.0 Å². The average molecular weight is 259 g/mol. The molecule has 0 amide bonds. The van der Waals surface area contributed by atoms with E-state index in [0.717, 1.165) is 23.9 Å². The van der Waals surface area contributed by atoms with Crippen LogP contribution in [0, 0.1) is 18.8 Å². The molecular weight excluding hydrogens is 234 g/mol. The lowest BCUT2D eigenvalue weighted by atomic mass is 9.83. The number of hydrogen-bond donors (Lipinski definition) is 1. The van der Waals surface area contributed by atoms with Crippen LogP contribution in [0.5, 0.6) is 5.75 Å². The van der Waals surface area contributed by atoms with Crippen LogP contribution in [0.1, 0.15) is 32.3 Å². The third kappa shape index (κ3) is 3.76. The summed E-state index contributed by atoms with van der Waals surface area (Å²) >= 11 is 0. The van der Waals surface area contributed by atoms with Crippen molar-refractivity contribution in [2.24, 2.45) is 11.8 Å². The van der Waals surface area contributed by atoms with Gasteiger partial charge in [0.2, 0.25) is 0 Å². The lowest BCUT2D eigenvalue weighted by Gasteiger charge is -2.26. The predicted molar refractivity (Wildman–Crippen MR) is 81.9 cm³/mol. The van der Waals surface area contributed by atoms with Crippen LogP contribution in [0.25, 0.3) is 0 Å². The van der Waals surface area contributed by atoms with Crippen molar-refractivity contribution >= 4 is 5.69 Å². The van der Waals surface area contributed by atoms with Crippen LogP contribution >= 0.6 is 0 Å². The second-order valence-corrected chi connectivity index (χ2v) is 5.88. The minimum Gasteiger partial charge on any atom is -0.495 e. The number of ether oxygens (including phenoxy) is 1. The minimum absolute atomic E-state index is 0.708. The van der Waals surface area contributed by atoms with Crippen molar-refractivity contribution in [3.8, 4) is 5.75 Å². The molecule has 0 bridgehead atoms. The van der Waals surface area contributed by atoms with Gasteiger partial charge in [-0.25, -0.2) is 0 Å². The number of anilines is 1. The fourth-order valence-corrected chi connectivity index (χ4v) is 3.06. The standard InChI is InChI=1S/C17H25NO/c1-12-5-6-17(19-4)16(10-12)18-11-15-8-13(2)7-14(3)9-15/h5-7,10,13,15,18H,8-9,11H2,1-4H3. The molecule has 2 heteroatoms. The highest BCUT2D eigenvalue weighted by Gasteiger charge is 2.18. The Morgan fingerprint density at radius 1 is 1.32 bits per heavy atom. The molecule has 1 aliphatic carbocycles. The Morgan fingerprint density at radius 3 is 2.79 bits per heavy atom. The van der Waals surface area contributed by atoms with Gasteiger partial charge in [-0.3, -0.25) is 0 Å². The first-order chi connectivity index (χ1) is 9.08. The molecule has 0 aliphatic heterocycles. The summed E-state index contributed by atoms with van der Waals surface area (Å²) < 4.78 is 5.41. The Balaban J connectivity index is 1.99. The normalized spacial score (nSPS) is 22.8. The summed E-state index contributed by atoms with van der Waals surface area (Å²) in [5.41, 5.74) is 3.90. The molecule has 2 unspecified atom stereocenters. The Labute approximate surface area is 116 Å². The summed E-state index contributed by atoms with van der Waals surface area (Å²) in [4.78, 5) is 0. The van der Waals surface area contributed by atoms with Gasteiger partial charge >= 0.3 is 0 Å². The Bertz CT molecular complexity index is 464. The third-order valence-corrected chi connectivity index (χ3v) is 3.82. The summed E-state index contributed by atoms with van der Waals surface area (Å²) in [6, 6.07) is 6.28. The highest BCUT2D eigenvalue weighted by molar-refractivity contribution is 5.58. The van der Waals surface area contributed by atoms with E-state index in [9.17, 15) is 0 Å². The monoisotopic (exact) mass is 259 g/mol. The molecule has 1 aliphatic rings. The zero-order chi connectivity index (χ0) is 13.8. The third-order valence-electron chi connectivity index (χ3n) is 3.82. The van der Waals surface area contributed by atoms with Crippen LogP contribution in [0.3, 0.4) is 0 Å². The Hall–Kier alpha value is -1.44. The van der Waals surface area contributed by atoms with E-state index in [2.05, 4.69) is 44.3 Å². The van der Waals surface area contributed by atoms with E-state index in [0.29, 0.717) is 5.92 Å². The first kappa shape index (κ1) is 14.0. The van der Waals surface area contributed by atoms with Gasteiger partial charge in [0.15, 0.2) is 0 Å². The molecule has 0 radical (unpaired) electrons. The van der Waals surface area contributed by atoms with Crippen molar-refractivity contribution in [3.63, 3.8) is 0 Å². The number of benzene rings is 1. The molecule has 2 rings (SSSR count). The Morgan fingerprint density at radius 2 is 2.11 bits per heavy atom. The molecule has 0 saturated heterocycles. The number of allylic oxidation sites excluding steroid dienone is 2. The van der Waals surface area contributed by atoms with Gasteiger partial charge in [-0.1, -0.05) is 24.6 Å². The van der Waals surface area contributed by atoms with Crippen molar-refractivity contribution in [1.29, 1.82) is 0 Å². The molecule has 0 fully saturated rings. The lowest BCUT2D eigenvalue weighted by Crippen LogP contribution is -2.20. The van der Waals surface area contributed by atoms with Crippen LogP contribution in [-0.2, 0) is 0 Å². The molecule has 0 saturated carbocycles. The number of methoxy groups -OCH3 is 1. The number of aryl methyl sites for hydroxylation is 1. The van der Waals surface area contributed by atoms with Crippen molar-refractivity contribution in [1.82, 2.24) is 0 Å². The zero-order valence-electron chi connectivity index (χ0n) is 12.5. The molecule has 2 atom stereocenters. The number of hydrogen-bond acceptors (Lipinski definition) is 2. The van der Waals surface area contributed by atoms with Gasteiger partial charge in [0.1, 0.15) is 5.75 Å². The first-order valence-corrected chi connectivity index (χ1v) is 7.14. The van der Waals surface area contributed by atoms with Crippen LogP contribution in [0.15, 0.2) is 29.8 Å². The van der Waals surface area contributed by atoms with Crippen LogP contribution in [0.2, 0.25) is 0 Å². The summed E-state index contributed by atoms with van der Waals surface area (Å²) in [6.07, 6.45) is 4.90. The minimum atomic E-state index is 0.708. The van der Waals surface area contributed by atoms with Gasteiger partial charge in [0, 0.05) is 6.54 Å². The van der Waals surface area contributed by atoms with Crippen molar-refractivity contribution in [2.45, 2.75) is 33.6 Å². The molecule has 1 aromatic carbocycles. The highest BCUT2D eigenvalue weighted by atomic mass is 16.5. The van der Waals surface area contributed by atoms with E-state index in [1.165, 1.54) is 24.0 Å². The zero-order valence-corrected chi connectivity index (χ0v) is 12.5. The summed E-state index contributed by atoms with van der Waals surface area (Å²) in [7, 11) is 1.73. The van der Waals surface area contributed by atoms with Gasteiger partial charge in [0.05, 0.1) is 12.8 Å². The highest BCUT2D eigenvalue weighted by Crippen LogP contribution is 2.30. The molecule has 19 heavy (non-hydrogen) atoms. The fourth-order valence-electron chi connectivity index (χ4n) is 3.06. The van der Waals surface area contributed by atoms with Gasteiger partial charge in [-0.2, -0.15) is 0 Å². The largest absolute Gasteiger partial charge is 0.495 e. The molecule has 104 valence electrons. The molecule has 1 N–H and O–H groups in total. The number of nitrogens with one attached hydrogen (secondary N) is 1. The van der Waals surface area contributed by atoms with E-state index in [-0.39, 0.29) is 0 Å². The molecule has 2 nitrogen and oxygen atoms in total. The van der Waals surface area contributed by atoms with E-state index < -0.39 is 0 Å². The summed E-state index contributed by atoms with van der Waals surface area (Å²) in [5, 5.41) is 3.56. The maximum atomic E-state index is 5.41. The molecule has 0 spiro atoms. The smallest absolute Gasteiger partial charge is 0.141 e. The maximum Gasteiger partial charge on any atom is 0.141 e. The van der Waals surface area contributed by atoms with E-state index in [1.807, 2.05) is 6.07 Å². The predicted octanol–water partition coefficient (Wildman–Crippen LogP) is 4.41. The molecule has 0 heterocycles. The summed E-state index contributed by atoms with van der Waals surface area (Å²) in [5.74, 6) is 2.37. The maximum absolute atomic E-state index is 5.41. The van der Waals surface area contributed by atoms with E-state index >= 15 is 0 Å². The quantitative estimate of drug-likeness (QED) is 0.809. The second-order valence-electron chi connectivity index (χ2n) is 5.88. The van der Waals surface area contributed by atoms with Crippen molar-refractivity contribution in [3.05, 3.63) is 35.4 Å². The average Bonchev–Trinajstić information content (AvgIpc) is 2.35. The topological polar surface area (TPSA) is 21.3 Å². The van der Waals surface area contributed by atoms with Gasteiger partial charge in [0.25, 0.3) is 0 Å². The second kappa shape index (κ2) is 6.14. The number of rotatable bonds is 4. The molecular formula is C17H25NO. The van der Waals surface area contributed by atoms with Crippen molar-refractivity contribution < 1.29 is 4.74 Å². The van der Waals surface area contributed by atoms with Gasteiger partial charge in [-0.15, -0.1) is 0 Å². The van der Waals surface area contributed by atoms with E-state index in [1.54, 1.807) is 7.11 Å². The SMILES string of the molecule is COc1ccc(C)cc1NCC1CC(C)=CC(C)C1.